The molecule has 1 aromatic heterocycles. The van der Waals surface area contributed by atoms with Gasteiger partial charge in [0.05, 0.1) is 43.3 Å². The number of para-hydroxylation sites is 1. The summed E-state index contributed by atoms with van der Waals surface area (Å²) < 4.78 is 14.0. The largest absolute Gasteiger partial charge is 0.378 e. The van der Waals surface area contributed by atoms with Crippen molar-refractivity contribution < 1.29 is 9.47 Å². The smallest absolute Gasteiger partial charge is 0.0808 e. The molecular formula is C21H28N4O2. The van der Waals surface area contributed by atoms with Gasteiger partial charge in [-0.05, 0) is 37.0 Å². The second kappa shape index (κ2) is 7.36. The minimum Gasteiger partial charge on any atom is -0.378 e. The number of morpholine rings is 1. The number of hydrogen-bond donors (Lipinski definition) is 1. The summed E-state index contributed by atoms with van der Waals surface area (Å²) in [5.74, 6) is 0. The SMILES string of the molecule is c1ccc(-n2nc(CN3CCOCC34CNCCOC4)c3c2CCC3)cc1. The number of aromatic nitrogens is 2. The zero-order valence-corrected chi connectivity index (χ0v) is 15.8. The summed E-state index contributed by atoms with van der Waals surface area (Å²) in [5, 5.41) is 8.61. The summed E-state index contributed by atoms with van der Waals surface area (Å²) in [6.45, 7) is 6.62. The Morgan fingerprint density at radius 1 is 1.07 bits per heavy atom. The maximum Gasteiger partial charge on any atom is 0.0808 e. The molecule has 1 aromatic carbocycles. The van der Waals surface area contributed by atoms with Gasteiger partial charge >= 0.3 is 0 Å². The Morgan fingerprint density at radius 3 is 2.81 bits per heavy atom. The van der Waals surface area contributed by atoms with Crippen LogP contribution < -0.4 is 5.32 Å². The third kappa shape index (κ3) is 3.21. The summed E-state index contributed by atoms with van der Waals surface area (Å²) in [4.78, 5) is 2.55. The summed E-state index contributed by atoms with van der Waals surface area (Å²) in [6, 6.07) is 10.5. The van der Waals surface area contributed by atoms with Crippen LogP contribution in [-0.4, -0.2) is 66.3 Å². The van der Waals surface area contributed by atoms with Gasteiger partial charge in [-0.25, -0.2) is 4.68 Å². The topological polar surface area (TPSA) is 51.5 Å². The van der Waals surface area contributed by atoms with E-state index in [1.54, 1.807) is 0 Å². The monoisotopic (exact) mass is 368 g/mol. The first-order chi connectivity index (χ1) is 13.4. The second-order valence-electron chi connectivity index (χ2n) is 7.90. The molecule has 27 heavy (non-hydrogen) atoms. The van der Waals surface area contributed by atoms with E-state index in [0.29, 0.717) is 0 Å². The Hall–Kier alpha value is -1.73. The Labute approximate surface area is 160 Å². The first kappa shape index (κ1) is 17.4. The number of ether oxygens (including phenoxy) is 2. The fourth-order valence-electron chi connectivity index (χ4n) is 4.69. The lowest BCUT2D eigenvalue weighted by Crippen LogP contribution is -2.63. The van der Waals surface area contributed by atoms with Crippen molar-refractivity contribution in [2.75, 3.05) is 46.1 Å². The zero-order valence-electron chi connectivity index (χ0n) is 15.8. The molecule has 144 valence electrons. The molecule has 0 saturated carbocycles. The molecule has 6 nitrogen and oxygen atoms in total. The Kier molecular flexibility index (Phi) is 4.73. The number of rotatable bonds is 3. The third-order valence-corrected chi connectivity index (χ3v) is 6.15. The minimum absolute atomic E-state index is 0.0865. The average Bonchev–Trinajstić information content (AvgIpc) is 3.23. The van der Waals surface area contributed by atoms with Crippen molar-refractivity contribution in [1.29, 1.82) is 0 Å². The van der Waals surface area contributed by atoms with Crippen molar-refractivity contribution in [3.8, 4) is 5.69 Å². The zero-order chi connectivity index (χ0) is 18.1. The molecule has 6 heteroatoms. The maximum atomic E-state index is 5.91. The van der Waals surface area contributed by atoms with Crippen molar-refractivity contribution in [1.82, 2.24) is 20.0 Å². The molecule has 3 heterocycles. The quantitative estimate of drug-likeness (QED) is 0.891. The number of nitrogens with zero attached hydrogens (tertiary/aromatic N) is 3. The first-order valence-corrected chi connectivity index (χ1v) is 10.1. The summed E-state index contributed by atoms with van der Waals surface area (Å²) in [5.41, 5.74) is 5.17. The molecular weight excluding hydrogens is 340 g/mol. The highest BCUT2D eigenvalue weighted by Gasteiger charge is 2.41. The van der Waals surface area contributed by atoms with Gasteiger partial charge in [-0.2, -0.15) is 5.10 Å². The lowest BCUT2D eigenvalue weighted by molar-refractivity contribution is -0.0990. The molecule has 1 N–H and O–H groups in total. The number of nitrogens with one attached hydrogen (secondary N) is 1. The van der Waals surface area contributed by atoms with Crippen LogP contribution in [0.5, 0.6) is 0 Å². The first-order valence-electron chi connectivity index (χ1n) is 10.1. The van der Waals surface area contributed by atoms with Crippen molar-refractivity contribution in [2.45, 2.75) is 31.3 Å². The summed E-state index contributed by atoms with van der Waals surface area (Å²) in [7, 11) is 0. The maximum absolute atomic E-state index is 5.91. The van der Waals surface area contributed by atoms with Crippen LogP contribution in [0.1, 0.15) is 23.4 Å². The highest BCUT2D eigenvalue weighted by Crippen LogP contribution is 2.31. The Morgan fingerprint density at radius 2 is 1.93 bits per heavy atom. The molecule has 1 unspecified atom stereocenters. The fraction of sp³-hybridized carbons (Fsp3) is 0.571. The van der Waals surface area contributed by atoms with Gasteiger partial charge in [0.25, 0.3) is 0 Å². The van der Waals surface area contributed by atoms with E-state index < -0.39 is 0 Å². The average molecular weight is 368 g/mol. The van der Waals surface area contributed by atoms with Crippen LogP contribution in [-0.2, 0) is 28.9 Å². The highest BCUT2D eigenvalue weighted by atomic mass is 16.5. The van der Waals surface area contributed by atoms with E-state index in [4.69, 9.17) is 14.6 Å². The van der Waals surface area contributed by atoms with Gasteiger partial charge < -0.3 is 14.8 Å². The molecule has 2 aliphatic heterocycles. The molecule has 2 fully saturated rings. The number of fused-ring (bicyclic) bond motifs is 1. The van der Waals surface area contributed by atoms with E-state index in [1.807, 2.05) is 0 Å². The van der Waals surface area contributed by atoms with Crippen LogP contribution in [0.3, 0.4) is 0 Å². The Balaban J connectivity index is 1.46. The van der Waals surface area contributed by atoms with Crippen molar-refractivity contribution in [2.24, 2.45) is 0 Å². The number of benzene rings is 1. The second-order valence-corrected chi connectivity index (χ2v) is 7.90. The van der Waals surface area contributed by atoms with Gasteiger partial charge in [-0.1, -0.05) is 18.2 Å². The van der Waals surface area contributed by atoms with Gasteiger partial charge in [0, 0.05) is 31.9 Å². The van der Waals surface area contributed by atoms with E-state index in [-0.39, 0.29) is 5.54 Å². The molecule has 1 atom stereocenters. The molecule has 1 spiro atoms. The van der Waals surface area contributed by atoms with Gasteiger partial charge in [-0.15, -0.1) is 0 Å². The molecule has 2 aromatic rings. The fourth-order valence-corrected chi connectivity index (χ4v) is 4.69. The standard InChI is InChI=1S/C21H28N4O2/c1-2-5-17(6-3-1)25-20-8-4-7-18(20)19(23-25)13-24-10-12-27-16-21(24)14-22-9-11-26-15-21/h1-3,5-6,22H,4,7-16H2. The third-order valence-electron chi connectivity index (χ3n) is 6.15. The molecule has 3 aliphatic rings. The van der Waals surface area contributed by atoms with Gasteiger partial charge in [0.1, 0.15) is 0 Å². The van der Waals surface area contributed by atoms with Crippen LogP contribution in [0.15, 0.2) is 30.3 Å². The molecule has 5 rings (SSSR count). The van der Waals surface area contributed by atoms with E-state index >= 15 is 0 Å². The minimum atomic E-state index is -0.0865. The van der Waals surface area contributed by atoms with E-state index in [0.717, 1.165) is 71.1 Å². The van der Waals surface area contributed by atoms with Gasteiger partial charge in [0.2, 0.25) is 0 Å². The van der Waals surface area contributed by atoms with Crippen molar-refractivity contribution in [3.63, 3.8) is 0 Å². The van der Waals surface area contributed by atoms with Crippen molar-refractivity contribution >= 4 is 0 Å². The lowest BCUT2D eigenvalue weighted by atomic mass is 9.97. The van der Waals surface area contributed by atoms with Crippen LogP contribution in [0, 0.1) is 0 Å². The molecule has 1 aliphatic carbocycles. The van der Waals surface area contributed by atoms with Crippen LogP contribution in [0.4, 0.5) is 0 Å². The normalized spacial score (nSPS) is 26.2. The van der Waals surface area contributed by atoms with E-state index in [9.17, 15) is 0 Å². The summed E-state index contributed by atoms with van der Waals surface area (Å²) >= 11 is 0. The number of hydrogen-bond acceptors (Lipinski definition) is 5. The highest BCUT2D eigenvalue weighted by molar-refractivity contribution is 5.40. The van der Waals surface area contributed by atoms with Crippen LogP contribution in [0.2, 0.25) is 0 Å². The molecule has 0 bridgehead atoms. The van der Waals surface area contributed by atoms with Crippen LogP contribution >= 0.6 is 0 Å². The van der Waals surface area contributed by atoms with Crippen molar-refractivity contribution in [3.05, 3.63) is 47.3 Å². The molecule has 2 saturated heterocycles. The van der Waals surface area contributed by atoms with Gasteiger partial charge in [-0.3, -0.25) is 4.90 Å². The lowest BCUT2D eigenvalue weighted by Gasteiger charge is -2.45. The van der Waals surface area contributed by atoms with E-state index in [2.05, 4.69) is 45.2 Å². The predicted octanol–water partition coefficient (Wildman–Crippen LogP) is 1.55. The molecule has 0 radical (unpaired) electrons. The Bertz CT molecular complexity index is 781. The predicted molar refractivity (Wildman–Crippen MR) is 103 cm³/mol. The van der Waals surface area contributed by atoms with Gasteiger partial charge in [0.15, 0.2) is 0 Å². The van der Waals surface area contributed by atoms with E-state index in [1.165, 1.54) is 23.4 Å². The summed E-state index contributed by atoms with van der Waals surface area (Å²) in [6.07, 6.45) is 3.49. The molecule has 0 amide bonds. The van der Waals surface area contributed by atoms with Crippen LogP contribution in [0.25, 0.3) is 5.69 Å².